The first-order valence-electron chi connectivity index (χ1n) is 3.45. The van der Waals surface area contributed by atoms with Crippen LogP contribution in [0.4, 0.5) is 0 Å². The molecule has 1 amide bonds. The Bertz CT molecular complexity index is 210. The largest absolute Gasteiger partial charge is 0.278 e. The lowest BCUT2D eigenvalue weighted by Gasteiger charge is -2.10. The maximum atomic E-state index is 11.0. The van der Waals surface area contributed by atoms with Gasteiger partial charge in [0, 0.05) is 7.05 Å². The standard InChI is InChI=1S/C6H13NO3S/c1-3-4-5-11(9,10)7(2)6-8/h6H,3-5H2,1-2H3. The summed E-state index contributed by atoms with van der Waals surface area (Å²) in [6.07, 6.45) is 1.72. The van der Waals surface area contributed by atoms with Gasteiger partial charge in [0.15, 0.2) is 0 Å². The first kappa shape index (κ1) is 10.4. The fourth-order valence-electron chi connectivity index (χ4n) is 0.536. The van der Waals surface area contributed by atoms with Crippen molar-refractivity contribution in [3.05, 3.63) is 0 Å². The van der Waals surface area contributed by atoms with E-state index >= 15 is 0 Å². The van der Waals surface area contributed by atoms with E-state index in [4.69, 9.17) is 0 Å². The number of nitrogens with zero attached hydrogens (tertiary/aromatic N) is 1. The van der Waals surface area contributed by atoms with Gasteiger partial charge in [-0.15, -0.1) is 0 Å². The number of hydrogen-bond donors (Lipinski definition) is 0. The molecule has 0 spiro atoms. The number of hydrogen-bond acceptors (Lipinski definition) is 3. The molecule has 0 atom stereocenters. The van der Waals surface area contributed by atoms with Gasteiger partial charge in [-0.25, -0.2) is 12.7 Å². The summed E-state index contributed by atoms with van der Waals surface area (Å²) in [6.45, 7) is 1.90. The molecule has 0 heterocycles. The van der Waals surface area contributed by atoms with Crippen molar-refractivity contribution in [1.29, 1.82) is 0 Å². The van der Waals surface area contributed by atoms with E-state index in [0.717, 1.165) is 6.42 Å². The Hall–Kier alpha value is -0.580. The molecule has 0 rings (SSSR count). The number of carbonyl (C=O) groups excluding carboxylic acids is 1. The monoisotopic (exact) mass is 179 g/mol. The van der Waals surface area contributed by atoms with E-state index in [2.05, 4.69) is 0 Å². The van der Waals surface area contributed by atoms with Crippen LogP contribution >= 0.6 is 0 Å². The molecule has 0 N–H and O–H groups in total. The van der Waals surface area contributed by atoms with Crippen molar-refractivity contribution in [2.75, 3.05) is 12.8 Å². The summed E-state index contributed by atoms with van der Waals surface area (Å²) in [6, 6.07) is 0. The van der Waals surface area contributed by atoms with Gasteiger partial charge in [0.1, 0.15) is 0 Å². The zero-order valence-electron chi connectivity index (χ0n) is 6.78. The molecule has 0 aliphatic heterocycles. The zero-order valence-corrected chi connectivity index (χ0v) is 7.60. The summed E-state index contributed by atoms with van der Waals surface area (Å²) >= 11 is 0. The number of sulfonamides is 1. The molecule has 0 aromatic heterocycles. The topological polar surface area (TPSA) is 54.5 Å². The lowest BCUT2D eigenvalue weighted by Crippen LogP contribution is -2.27. The first-order chi connectivity index (χ1) is 5.04. The molecule has 0 aromatic rings. The summed E-state index contributed by atoms with van der Waals surface area (Å²) in [5, 5.41) is 0. The number of unbranched alkanes of at least 4 members (excludes halogenated alkanes) is 1. The van der Waals surface area contributed by atoms with Crippen LogP contribution in [0.1, 0.15) is 19.8 Å². The highest BCUT2D eigenvalue weighted by Gasteiger charge is 2.13. The van der Waals surface area contributed by atoms with Crippen molar-refractivity contribution in [3.8, 4) is 0 Å². The van der Waals surface area contributed by atoms with E-state index in [-0.39, 0.29) is 5.75 Å². The molecule has 0 saturated carbocycles. The Kier molecular flexibility index (Phi) is 4.10. The Morgan fingerprint density at radius 1 is 1.45 bits per heavy atom. The molecule has 4 nitrogen and oxygen atoms in total. The minimum atomic E-state index is -3.31. The van der Waals surface area contributed by atoms with Crippen molar-refractivity contribution in [2.24, 2.45) is 0 Å². The molecule has 11 heavy (non-hydrogen) atoms. The Balaban J connectivity index is 4.11. The van der Waals surface area contributed by atoms with Crippen molar-refractivity contribution in [2.45, 2.75) is 19.8 Å². The fraction of sp³-hybridized carbons (Fsp3) is 0.833. The van der Waals surface area contributed by atoms with Gasteiger partial charge in [0.25, 0.3) is 0 Å². The van der Waals surface area contributed by atoms with Gasteiger partial charge >= 0.3 is 0 Å². The quantitative estimate of drug-likeness (QED) is 0.567. The number of amides is 1. The molecule has 0 aliphatic carbocycles. The van der Waals surface area contributed by atoms with Crippen LogP contribution in [0.2, 0.25) is 0 Å². The summed E-state index contributed by atoms with van der Waals surface area (Å²) in [4.78, 5) is 10.1. The second-order valence-corrected chi connectivity index (χ2v) is 4.44. The summed E-state index contributed by atoms with van der Waals surface area (Å²) in [7, 11) is -2.06. The highest BCUT2D eigenvalue weighted by molar-refractivity contribution is 7.89. The van der Waals surface area contributed by atoms with Crippen LogP contribution in [0.3, 0.4) is 0 Å². The highest BCUT2D eigenvalue weighted by atomic mass is 32.2. The molecular weight excluding hydrogens is 166 g/mol. The minimum Gasteiger partial charge on any atom is -0.278 e. The molecule has 0 aliphatic rings. The molecule has 0 saturated heterocycles. The fourth-order valence-corrected chi connectivity index (χ4v) is 1.61. The van der Waals surface area contributed by atoms with E-state index in [1.54, 1.807) is 0 Å². The Morgan fingerprint density at radius 3 is 2.36 bits per heavy atom. The van der Waals surface area contributed by atoms with E-state index in [1.807, 2.05) is 6.92 Å². The third-order valence-corrected chi connectivity index (χ3v) is 3.11. The molecule has 0 aromatic carbocycles. The summed E-state index contributed by atoms with van der Waals surface area (Å²) < 4.78 is 22.7. The minimum absolute atomic E-state index is 0.0543. The van der Waals surface area contributed by atoms with Crippen LogP contribution in [-0.4, -0.2) is 31.9 Å². The molecule has 0 radical (unpaired) electrons. The maximum Gasteiger partial charge on any atom is 0.236 e. The van der Waals surface area contributed by atoms with Crippen molar-refractivity contribution in [1.82, 2.24) is 4.31 Å². The Labute approximate surface area is 67.2 Å². The van der Waals surface area contributed by atoms with Gasteiger partial charge in [-0.3, -0.25) is 4.79 Å². The van der Waals surface area contributed by atoms with Crippen LogP contribution in [0.5, 0.6) is 0 Å². The van der Waals surface area contributed by atoms with E-state index in [9.17, 15) is 13.2 Å². The van der Waals surface area contributed by atoms with Gasteiger partial charge < -0.3 is 0 Å². The average Bonchev–Trinajstić information content (AvgIpc) is 1.99. The Morgan fingerprint density at radius 2 is 2.00 bits per heavy atom. The molecular formula is C6H13NO3S. The second kappa shape index (κ2) is 4.33. The maximum absolute atomic E-state index is 11.0. The van der Waals surface area contributed by atoms with Gasteiger partial charge in [0.2, 0.25) is 16.4 Å². The number of carbonyl (C=O) groups is 1. The lowest BCUT2D eigenvalue weighted by molar-refractivity contribution is -0.113. The zero-order chi connectivity index (χ0) is 8.91. The first-order valence-corrected chi connectivity index (χ1v) is 5.06. The van der Waals surface area contributed by atoms with Gasteiger partial charge in [-0.2, -0.15) is 0 Å². The second-order valence-electron chi connectivity index (χ2n) is 2.29. The molecule has 0 unspecified atom stereocenters. The third-order valence-electron chi connectivity index (χ3n) is 1.34. The van der Waals surface area contributed by atoms with E-state index in [1.165, 1.54) is 7.05 Å². The van der Waals surface area contributed by atoms with E-state index in [0.29, 0.717) is 17.1 Å². The van der Waals surface area contributed by atoms with Crippen molar-refractivity contribution >= 4 is 16.4 Å². The predicted octanol–water partition coefficient (Wildman–Crippen LogP) is 0.205. The molecule has 0 fully saturated rings. The third kappa shape index (κ3) is 3.36. The van der Waals surface area contributed by atoms with Crippen LogP contribution in [0.15, 0.2) is 0 Å². The van der Waals surface area contributed by atoms with Crippen LogP contribution in [0.25, 0.3) is 0 Å². The molecule has 5 heteroatoms. The molecule has 66 valence electrons. The van der Waals surface area contributed by atoms with Crippen molar-refractivity contribution in [3.63, 3.8) is 0 Å². The molecule has 0 bridgehead atoms. The lowest BCUT2D eigenvalue weighted by atomic mass is 10.4. The summed E-state index contributed by atoms with van der Waals surface area (Å²) in [5.41, 5.74) is 0. The van der Waals surface area contributed by atoms with Gasteiger partial charge in [0.05, 0.1) is 5.75 Å². The highest BCUT2D eigenvalue weighted by Crippen LogP contribution is 1.98. The smallest absolute Gasteiger partial charge is 0.236 e. The van der Waals surface area contributed by atoms with Crippen LogP contribution < -0.4 is 0 Å². The van der Waals surface area contributed by atoms with Crippen molar-refractivity contribution < 1.29 is 13.2 Å². The van der Waals surface area contributed by atoms with Gasteiger partial charge in [-0.05, 0) is 6.42 Å². The van der Waals surface area contributed by atoms with Crippen LogP contribution in [0, 0.1) is 0 Å². The average molecular weight is 179 g/mol. The normalized spacial score (nSPS) is 11.1. The van der Waals surface area contributed by atoms with Crippen LogP contribution in [-0.2, 0) is 14.8 Å². The predicted molar refractivity (Wildman–Crippen MR) is 42.5 cm³/mol. The SMILES string of the molecule is CCCCS(=O)(=O)N(C)C=O. The summed E-state index contributed by atoms with van der Waals surface area (Å²) in [5.74, 6) is 0.0543. The number of rotatable bonds is 5. The van der Waals surface area contributed by atoms with Gasteiger partial charge in [-0.1, -0.05) is 13.3 Å². The van der Waals surface area contributed by atoms with E-state index < -0.39 is 10.0 Å².